The summed E-state index contributed by atoms with van der Waals surface area (Å²) in [6.45, 7) is -0.0666. The molecule has 0 aromatic rings. The van der Waals surface area contributed by atoms with Gasteiger partial charge in [0.1, 0.15) is 6.61 Å². The first-order chi connectivity index (χ1) is 5.70. The van der Waals surface area contributed by atoms with Crippen LogP contribution in [0.15, 0.2) is 24.3 Å². The molecule has 4 heteroatoms. The van der Waals surface area contributed by atoms with Crippen LogP contribution in [-0.2, 0) is 19.1 Å². The number of carbonyl (C=O) groups excluding carboxylic acids is 2. The third kappa shape index (κ3) is 1.06. The minimum atomic E-state index is -1.11. The minimum absolute atomic E-state index is 0.0666. The Hall–Kier alpha value is -1.42. The summed E-state index contributed by atoms with van der Waals surface area (Å²) in [5.41, 5.74) is 0. The molecule has 1 fully saturated rings. The van der Waals surface area contributed by atoms with Crippen LogP contribution in [0.5, 0.6) is 0 Å². The molecular weight excluding hydrogens is 160 g/mol. The summed E-state index contributed by atoms with van der Waals surface area (Å²) in [6.07, 6.45) is 5.50. The fourth-order valence-electron chi connectivity index (χ4n) is 1.08. The summed E-state index contributed by atoms with van der Waals surface area (Å²) < 4.78 is 9.90. The van der Waals surface area contributed by atoms with Gasteiger partial charge >= 0.3 is 5.97 Å². The van der Waals surface area contributed by atoms with E-state index < -0.39 is 11.8 Å². The van der Waals surface area contributed by atoms with Crippen molar-refractivity contribution in [2.45, 2.75) is 5.79 Å². The van der Waals surface area contributed by atoms with Crippen LogP contribution in [0.25, 0.3) is 0 Å². The largest absolute Gasteiger partial charge is 0.424 e. The van der Waals surface area contributed by atoms with Gasteiger partial charge in [-0.15, -0.1) is 0 Å². The third-order valence-corrected chi connectivity index (χ3v) is 1.65. The van der Waals surface area contributed by atoms with Crippen LogP contribution in [0.1, 0.15) is 0 Å². The number of hydrogen-bond acceptors (Lipinski definition) is 4. The van der Waals surface area contributed by atoms with Crippen molar-refractivity contribution in [1.29, 1.82) is 0 Å². The van der Waals surface area contributed by atoms with Gasteiger partial charge in [0.2, 0.25) is 0 Å². The molecule has 0 aromatic carbocycles. The Balaban J connectivity index is 2.25. The zero-order valence-corrected chi connectivity index (χ0v) is 6.15. The average Bonchev–Trinajstić information content (AvgIpc) is 2.40. The van der Waals surface area contributed by atoms with Gasteiger partial charge in [0.15, 0.2) is 5.78 Å². The summed E-state index contributed by atoms with van der Waals surface area (Å²) in [7, 11) is 0. The van der Waals surface area contributed by atoms with E-state index in [0.717, 1.165) is 0 Å². The fraction of sp³-hybridized carbons (Fsp3) is 0.250. The molecule has 1 heterocycles. The zero-order chi connectivity index (χ0) is 8.60. The maximum absolute atomic E-state index is 10.7. The second-order valence-corrected chi connectivity index (χ2v) is 2.55. The number of allylic oxidation sites excluding steroid dienone is 2. The van der Waals surface area contributed by atoms with Crippen LogP contribution in [0.2, 0.25) is 0 Å². The first kappa shape index (κ1) is 7.24. The molecule has 2 aliphatic rings. The molecule has 1 aliphatic carbocycles. The molecule has 1 saturated heterocycles. The maximum atomic E-state index is 10.7. The molecule has 1 spiro atoms. The molecule has 0 amide bonds. The van der Waals surface area contributed by atoms with Gasteiger partial charge in [0.05, 0.1) is 0 Å². The predicted octanol–water partition coefficient (Wildman–Crippen LogP) is -0.0488. The second-order valence-electron chi connectivity index (χ2n) is 2.55. The van der Waals surface area contributed by atoms with Crippen LogP contribution in [-0.4, -0.2) is 24.1 Å². The van der Waals surface area contributed by atoms with Gasteiger partial charge in [-0.05, 0) is 24.3 Å². The number of rotatable bonds is 0. The van der Waals surface area contributed by atoms with Gasteiger partial charge in [-0.1, -0.05) is 0 Å². The van der Waals surface area contributed by atoms with Crippen molar-refractivity contribution < 1.29 is 19.1 Å². The molecule has 0 atom stereocenters. The van der Waals surface area contributed by atoms with Crippen molar-refractivity contribution in [2.24, 2.45) is 0 Å². The smallest absolute Gasteiger partial charge is 0.335 e. The number of carbonyl (C=O) groups is 2. The Bertz CT molecular complexity index is 284. The standard InChI is InChI=1S/C8H6O4/c9-6-1-3-8(4-2-6)11-5-7(10)12-8/h1-4H,5H2. The van der Waals surface area contributed by atoms with E-state index in [1.807, 2.05) is 0 Å². The summed E-state index contributed by atoms with van der Waals surface area (Å²) >= 11 is 0. The van der Waals surface area contributed by atoms with E-state index >= 15 is 0 Å². The molecule has 0 saturated carbocycles. The fourth-order valence-corrected chi connectivity index (χ4v) is 1.08. The van der Waals surface area contributed by atoms with E-state index in [4.69, 9.17) is 9.47 Å². The quantitative estimate of drug-likeness (QED) is 0.473. The van der Waals surface area contributed by atoms with Crippen molar-refractivity contribution >= 4 is 11.8 Å². The minimum Gasteiger partial charge on any atom is -0.424 e. The van der Waals surface area contributed by atoms with Gasteiger partial charge in [0, 0.05) is 0 Å². The monoisotopic (exact) mass is 166 g/mol. The normalized spacial score (nSPS) is 25.0. The number of hydrogen-bond donors (Lipinski definition) is 0. The van der Waals surface area contributed by atoms with Crippen LogP contribution >= 0.6 is 0 Å². The molecule has 1 aliphatic heterocycles. The van der Waals surface area contributed by atoms with Crippen molar-refractivity contribution in [3.8, 4) is 0 Å². The van der Waals surface area contributed by atoms with Gasteiger partial charge in [-0.2, -0.15) is 0 Å². The lowest BCUT2D eigenvalue weighted by molar-refractivity contribution is -0.147. The molecule has 0 aromatic heterocycles. The van der Waals surface area contributed by atoms with E-state index in [0.29, 0.717) is 0 Å². The zero-order valence-electron chi connectivity index (χ0n) is 6.15. The highest BCUT2D eigenvalue weighted by Gasteiger charge is 2.38. The lowest BCUT2D eigenvalue weighted by Gasteiger charge is -2.19. The molecular formula is C8H6O4. The molecule has 0 unspecified atom stereocenters. The van der Waals surface area contributed by atoms with E-state index in [9.17, 15) is 9.59 Å². The molecule has 62 valence electrons. The average molecular weight is 166 g/mol. The number of esters is 1. The summed E-state index contributed by atoms with van der Waals surface area (Å²) in [5.74, 6) is -1.66. The van der Waals surface area contributed by atoms with E-state index in [1.165, 1.54) is 24.3 Å². The van der Waals surface area contributed by atoms with E-state index in [2.05, 4.69) is 0 Å². The van der Waals surface area contributed by atoms with Gasteiger partial charge < -0.3 is 9.47 Å². The van der Waals surface area contributed by atoms with Crippen molar-refractivity contribution in [3.05, 3.63) is 24.3 Å². The van der Waals surface area contributed by atoms with Gasteiger partial charge in [0.25, 0.3) is 5.79 Å². The third-order valence-electron chi connectivity index (χ3n) is 1.65. The molecule has 4 nitrogen and oxygen atoms in total. The van der Waals surface area contributed by atoms with E-state index in [-0.39, 0.29) is 12.4 Å². The Labute approximate surface area is 68.5 Å². The summed E-state index contributed by atoms with van der Waals surface area (Å²) in [4.78, 5) is 21.4. The highest BCUT2D eigenvalue weighted by Crippen LogP contribution is 2.25. The van der Waals surface area contributed by atoms with Crippen molar-refractivity contribution in [1.82, 2.24) is 0 Å². The van der Waals surface area contributed by atoms with Crippen LogP contribution in [0, 0.1) is 0 Å². The topological polar surface area (TPSA) is 52.6 Å². The summed E-state index contributed by atoms with van der Waals surface area (Å²) in [6, 6.07) is 0. The summed E-state index contributed by atoms with van der Waals surface area (Å²) in [5, 5.41) is 0. The highest BCUT2D eigenvalue weighted by atomic mass is 16.8. The van der Waals surface area contributed by atoms with Crippen molar-refractivity contribution in [2.75, 3.05) is 6.61 Å². The van der Waals surface area contributed by atoms with Crippen LogP contribution in [0.4, 0.5) is 0 Å². The van der Waals surface area contributed by atoms with Gasteiger partial charge in [-0.25, -0.2) is 4.79 Å². The molecule has 2 rings (SSSR count). The van der Waals surface area contributed by atoms with Crippen LogP contribution < -0.4 is 0 Å². The highest BCUT2D eigenvalue weighted by molar-refractivity contribution is 6.00. The number of ether oxygens (including phenoxy) is 2. The number of ketones is 1. The molecule has 0 N–H and O–H groups in total. The Morgan fingerprint density at radius 3 is 2.42 bits per heavy atom. The molecule has 0 radical (unpaired) electrons. The van der Waals surface area contributed by atoms with Crippen LogP contribution in [0.3, 0.4) is 0 Å². The Morgan fingerprint density at radius 1 is 1.25 bits per heavy atom. The first-order valence-electron chi connectivity index (χ1n) is 3.48. The Morgan fingerprint density at radius 2 is 1.92 bits per heavy atom. The second kappa shape index (κ2) is 2.28. The lowest BCUT2D eigenvalue weighted by atomic mass is 10.1. The first-order valence-corrected chi connectivity index (χ1v) is 3.48. The van der Waals surface area contributed by atoms with Crippen molar-refractivity contribution in [3.63, 3.8) is 0 Å². The molecule has 12 heavy (non-hydrogen) atoms. The lowest BCUT2D eigenvalue weighted by Crippen LogP contribution is -2.27. The maximum Gasteiger partial charge on any atom is 0.335 e. The van der Waals surface area contributed by atoms with Gasteiger partial charge in [-0.3, -0.25) is 4.79 Å². The predicted molar refractivity (Wildman–Crippen MR) is 38.1 cm³/mol. The SMILES string of the molecule is O=C1C=CC2(C=C1)OCC(=O)O2. The molecule has 0 bridgehead atoms. The van der Waals surface area contributed by atoms with E-state index in [1.54, 1.807) is 0 Å². The Kier molecular flexibility index (Phi) is 1.38.